The third kappa shape index (κ3) is 3.99. The number of ether oxygens (including phenoxy) is 1. The standard InChI is InChI=1S/C17H20N2O2/c1-11(2)21-15-7-4-13(5-8-15)17(20)19-16-9-6-14(18)10-12(16)3/h4-11H,18H2,1-3H3,(H,19,20). The molecule has 2 rings (SSSR count). The molecule has 0 atom stereocenters. The maximum atomic E-state index is 12.2. The van der Waals surface area contributed by atoms with Crippen molar-refractivity contribution in [3.05, 3.63) is 53.6 Å². The maximum Gasteiger partial charge on any atom is 0.255 e. The largest absolute Gasteiger partial charge is 0.491 e. The van der Waals surface area contributed by atoms with Crippen molar-refractivity contribution in [1.29, 1.82) is 0 Å². The summed E-state index contributed by atoms with van der Waals surface area (Å²) in [4.78, 5) is 12.2. The summed E-state index contributed by atoms with van der Waals surface area (Å²) in [6.45, 7) is 5.83. The zero-order valence-corrected chi connectivity index (χ0v) is 12.5. The Bertz CT molecular complexity index is 634. The molecule has 110 valence electrons. The van der Waals surface area contributed by atoms with Gasteiger partial charge in [0, 0.05) is 16.9 Å². The van der Waals surface area contributed by atoms with E-state index < -0.39 is 0 Å². The van der Waals surface area contributed by atoms with Gasteiger partial charge in [0.05, 0.1) is 6.10 Å². The van der Waals surface area contributed by atoms with E-state index in [1.54, 1.807) is 36.4 Å². The molecule has 0 aromatic heterocycles. The van der Waals surface area contributed by atoms with Crippen molar-refractivity contribution in [1.82, 2.24) is 0 Å². The van der Waals surface area contributed by atoms with Gasteiger partial charge in [0.25, 0.3) is 5.91 Å². The monoisotopic (exact) mass is 284 g/mol. The lowest BCUT2D eigenvalue weighted by atomic mass is 10.1. The number of rotatable bonds is 4. The Labute approximate surface area is 124 Å². The second-order valence-corrected chi connectivity index (χ2v) is 5.22. The molecule has 1 amide bonds. The van der Waals surface area contributed by atoms with Crippen LogP contribution in [-0.2, 0) is 0 Å². The number of nitrogens with two attached hydrogens (primary N) is 1. The van der Waals surface area contributed by atoms with E-state index in [2.05, 4.69) is 5.32 Å². The fourth-order valence-corrected chi connectivity index (χ4v) is 1.98. The van der Waals surface area contributed by atoms with Crippen LogP contribution in [0.1, 0.15) is 29.8 Å². The maximum absolute atomic E-state index is 12.2. The Hall–Kier alpha value is -2.49. The molecule has 4 heteroatoms. The second-order valence-electron chi connectivity index (χ2n) is 5.22. The van der Waals surface area contributed by atoms with Gasteiger partial charge in [-0.3, -0.25) is 4.79 Å². The van der Waals surface area contributed by atoms with Gasteiger partial charge in [-0.25, -0.2) is 0 Å². The highest BCUT2D eigenvalue weighted by Crippen LogP contribution is 2.19. The summed E-state index contributed by atoms with van der Waals surface area (Å²) in [5, 5.41) is 2.88. The number of amides is 1. The third-order valence-electron chi connectivity index (χ3n) is 2.99. The van der Waals surface area contributed by atoms with E-state index in [1.807, 2.05) is 26.8 Å². The highest BCUT2D eigenvalue weighted by Gasteiger charge is 2.08. The van der Waals surface area contributed by atoms with E-state index >= 15 is 0 Å². The lowest BCUT2D eigenvalue weighted by molar-refractivity contribution is 0.102. The van der Waals surface area contributed by atoms with Crippen LogP contribution < -0.4 is 15.8 Å². The average Bonchev–Trinajstić information content (AvgIpc) is 2.42. The molecule has 0 unspecified atom stereocenters. The predicted octanol–water partition coefficient (Wildman–Crippen LogP) is 3.62. The number of nitrogen functional groups attached to an aromatic ring is 1. The first-order valence-electron chi connectivity index (χ1n) is 6.90. The first kappa shape index (κ1) is 14.9. The van der Waals surface area contributed by atoms with Crippen LogP contribution in [0.3, 0.4) is 0 Å². The van der Waals surface area contributed by atoms with Crippen LogP contribution in [0.4, 0.5) is 11.4 Å². The smallest absolute Gasteiger partial charge is 0.255 e. The Morgan fingerprint density at radius 3 is 2.38 bits per heavy atom. The molecule has 0 heterocycles. The summed E-state index contributed by atoms with van der Waals surface area (Å²) >= 11 is 0. The van der Waals surface area contributed by atoms with Crippen LogP contribution in [0.5, 0.6) is 5.75 Å². The van der Waals surface area contributed by atoms with Gasteiger partial charge >= 0.3 is 0 Å². The van der Waals surface area contributed by atoms with Gasteiger partial charge < -0.3 is 15.8 Å². The molecular formula is C17H20N2O2. The van der Waals surface area contributed by atoms with Gasteiger partial charge in [-0.1, -0.05) is 0 Å². The zero-order valence-electron chi connectivity index (χ0n) is 12.5. The molecule has 21 heavy (non-hydrogen) atoms. The second kappa shape index (κ2) is 6.31. The number of hydrogen-bond acceptors (Lipinski definition) is 3. The summed E-state index contributed by atoms with van der Waals surface area (Å²) in [6.07, 6.45) is 0.113. The number of hydrogen-bond donors (Lipinski definition) is 2. The number of benzene rings is 2. The number of carbonyl (C=O) groups is 1. The van der Waals surface area contributed by atoms with Crippen molar-refractivity contribution in [3.8, 4) is 5.75 Å². The average molecular weight is 284 g/mol. The van der Waals surface area contributed by atoms with E-state index in [0.29, 0.717) is 11.3 Å². The van der Waals surface area contributed by atoms with Crippen LogP contribution in [0, 0.1) is 6.92 Å². The van der Waals surface area contributed by atoms with Gasteiger partial charge in [0.15, 0.2) is 0 Å². The quantitative estimate of drug-likeness (QED) is 0.843. The highest BCUT2D eigenvalue weighted by molar-refractivity contribution is 6.04. The summed E-state index contributed by atoms with van der Waals surface area (Å²) in [7, 11) is 0. The summed E-state index contributed by atoms with van der Waals surface area (Å²) in [5.74, 6) is 0.601. The van der Waals surface area contributed by atoms with Gasteiger partial charge in [-0.2, -0.15) is 0 Å². The number of anilines is 2. The Kier molecular flexibility index (Phi) is 4.48. The lowest BCUT2D eigenvalue weighted by Crippen LogP contribution is -2.13. The number of carbonyl (C=O) groups excluding carboxylic acids is 1. The molecule has 0 aliphatic heterocycles. The van der Waals surface area contributed by atoms with E-state index in [4.69, 9.17) is 10.5 Å². The Morgan fingerprint density at radius 1 is 1.14 bits per heavy atom. The Balaban J connectivity index is 2.09. The molecule has 2 aromatic rings. The number of aryl methyl sites for hydroxylation is 1. The minimum Gasteiger partial charge on any atom is -0.491 e. The fourth-order valence-electron chi connectivity index (χ4n) is 1.98. The molecule has 0 saturated carbocycles. The van der Waals surface area contributed by atoms with E-state index in [9.17, 15) is 4.79 Å². The molecule has 0 aliphatic carbocycles. The van der Waals surface area contributed by atoms with Crippen molar-refractivity contribution in [2.75, 3.05) is 11.1 Å². The summed E-state index contributed by atoms with van der Waals surface area (Å²) in [5.41, 5.74) is 8.66. The van der Waals surface area contributed by atoms with Gasteiger partial charge in [0.2, 0.25) is 0 Å². The predicted molar refractivity (Wildman–Crippen MR) is 85.8 cm³/mol. The van der Waals surface area contributed by atoms with E-state index in [1.165, 1.54) is 0 Å². The fraction of sp³-hybridized carbons (Fsp3) is 0.235. The molecule has 2 aromatic carbocycles. The molecule has 0 aliphatic rings. The van der Waals surface area contributed by atoms with Crippen molar-refractivity contribution < 1.29 is 9.53 Å². The SMILES string of the molecule is Cc1cc(N)ccc1NC(=O)c1ccc(OC(C)C)cc1. The van der Waals surface area contributed by atoms with Crippen LogP contribution in [0.15, 0.2) is 42.5 Å². The van der Waals surface area contributed by atoms with Crippen LogP contribution in [0.25, 0.3) is 0 Å². The number of nitrogens with one attached hydrogen (secondary N) is 1. The van der Waals surface area contributed by atoms with Crippen molar-refractivity contribution in [2.24, 2.45) is 0 Å². The minimum atomic E-state index is -0.154. The lowest BCUT2D eigenvalue weighted by Gasteiger charge is -2.11. The minimum absolute atomic E-state index is 0.113. The summed E-state index contributed by atoms with van der Waals surface area (Å²) < 4.78 is 5.55. The molecule has 0 radical (unpaired) electrons. The topological polar surface area (TPSA) is 64.3 Å². The molecule has 0 saturated heterocycles. The van der Waals surface area contributed by atoms with Crippen molar-refractivity contribution >= 4 is 17.3 Å². The molecule has 0 fully saturated rings. The Morgan fingerprint density at radius 2 is 1.81 bits per heavy atom. The van der Waals surface area contributed by atoms with Crippen LogP contribution >= 0.6 is 0 Å². The van der Waals surface area contributed by atoms with E-state index in [-0.39, 0.29) is 12.0 Å². The molecule has 3 N–H and O–H groups in total. The first-order chi connectivity index (χ1) is 9.95. The first-order valence-corrected chi connectivity index (χ1v) is 6.90. The van der Waals surface area contributed by atoms with E-state index in [0.717, 1.165) is 17.0 Å². The third-order valence-corrected chi connectivity index (χ3v) is 2.99. The van der Waals surface area contributed by atoms with Gasteiger partial charge in [0.1, 0.15) is 5.75 Å². The molecule has 4 nitrogen and oxygen atoms in total. The highest BCUT2D eigenvalue weighted by atomic mass is 16.5. The zero-order chi connectivity index (χ0) is 15.4. The van der Waals surface area contributed by atoms with Gasteiger partial charge in [-0.05, 0) is 68.8 Å². The molecule has 0 spiro atoms. The summed E-state index contributed by atoms with van der Waals surface area (Å²) in [6, 6.07) is 12.5. The van der Waals surface area contributed by atoms with Crippen LogP contribution in [0.2, 0.25) is 0 Å². The van der Waals surface area contributed by atoms with Crippen LogP contribution in [-0.4, -0.2) is 12.0 Å². The van der Waals surface area contributed by atoms with Crippen molar-refractivity contribution in [2.45, 2.75) is 26.9 Å². The van der Waals surface area contributed by atoms with Gasteiger partial charge in [-0.15, -0.1) is 0 Å². The van der Waals surface area contributed by atoms with Crippen molar-refractivity contribution in [3.63, 3.8) is 0 Å². The molecule has 0 bridgehead atoms. The molecular weight excluding hydrogens is 264 g/mol. The normalized spacial score (nSPS) is 10.5.